The molecule has 0 spiro atoms. The third kappa shape index (κ3) is 2.24. The van der Waals surface area contributed by atoms with Gasteiger partial charge >= 0.3 is 0 Å². The normalized spacial score (nSPS) is 11.1. The number of rotatable bonds is 2. The first-order chi connectivity index (χ1) is 9.97. The van der Waals surface area contributed by atoms with Crippen LogP contribution in [0.25, 0.3) is 11.6 Å². The Labute approximate surface area is 124 Å². The van der Waals surface area contributed by atoms with Crippen molar-refractivity contribution in [1.29, 1.82) is 0 Å². The summed E-state index contributed by atoms with van der Waals surface area (Å²) in [6.07, 6.45) is 3.73. The van der Waals surface area contributed by atoms with Gasteiger partial charge in [0, 0.05) is 11.4 Å². The minimum absolute atomic E-state index is 0.822. The van der Waals surface area contributed by atoms with Crippen molar-refractivity contribution in [2.24, 2.45) is 0 Å². The maximum absolute atomic E-state index is 4.72. The van der Waals surface area contributed by atoms with Crippen LogP contribution < -0.4 is 0 Å². The molecule has 3 rings (SSSR count). The number of nitrogens with zero attached hydrogens (tertiary/aromatic N) is 5. The van der Waals surface area contributed by atoms with E-state index >= 15 is 0 Å². The Morgan fingerprint density at radius 2 is 1.14 bits per heavy atom. The number of hydrogen-bond donors (Lipinski definition) is 0. The molecule has 0 unspecified atom stereocenters. The molecular formula is C16H19N5. The zero-order valence-corrected chi connectivity index (χ0v) is 13.0. The quantitative estimate of drug-likeness (QED) is 0.725. The predicted molar refractivity (Wildman–Crippen MR) is 82.2 cm³/mol. The predicted octanol–water partition coefficient (Wildman–Crippen LogP) is 3.00. The van der Waals surface area contributed by atoms with Gasteiger partial charge in [0.25, 0.3) is 0 Å². The van der Waals surface area contributed by atoms with Crippen LogP contribution in [0.4, 0.5) is 0 Å². The standard InChI is InChI=1S/C16H19N5/c1-10-6-15(20-13(4)11(2)8-17-20)19-16(7-10)21-14(5)12(3)9-18-21/h6-9H,1-5H3. The van der Waals surface area contributed by atoms with E-state index in [1.807, 2.05) is 33.9 Å². The molecule has 3 aromatic rings. The largest absolute Gasteiger partial charge is 0.219 e. The van der Waals surface area contributed by atoms with Crippen LogP contribution in [-0.4, -0.2) is 24.5 Å². The molecule has 21 heavy (non-hydrogen) atoms. The van der Waals surface area contributed by atoms with Crippen molar-refractivity contribution in [2.75, 3.05) is 0 Å². The minimum Gasteiger partial charge on any atom is -0.219 e. The van der Waals surface area contributed by atoms with Crippen LogP contribution in [0, 0.1) is 34.6 Å². The van der Waals surface area contributed by atoms with Crippen LogP contribution >= 0.6 is 0 Å². The van der Waals surface area contributed by atoms with Gasteiger partial charge in [0.1, 0.15) is 0 Å². The molecule has 0 amide bonds. The second-order valence-corrected chi connectivity index (χ2v) is 5.51. The fourth-order valence-electron chi connectivity index (χ4n) is 2.29. The Morgan fingerprint density at radius 3 is 1.48 bits per heavy atom. The summed E-state index contributed by atoms with van der Waals surface area (Å²) in [4.78, 5) is 4.72. The van der Waals surface area contributed by atoms with Gasteiger partial charge in [-0.05, 0) is 63.4 Å². The van der Waals surface area contributed by atoms with E-state index in [0.29, 0.717) is 0 Å². The van der Waals surface area contributed by atoms with Gasteiger partial charge in [-0.25, -0.2) is 14.3 Å². The highest BCUT2D eigenvalue weighted by Crippen LogP contribution is 2.17. The Hall–Kier alpha value is -2.43. The number of aryl methyl sites for hydroxylation is 3. The lowest BCUT2D eigenvalue weighted by atomic mass is 10.2. The van der Waals surface area contributed by atoms with Crippen molar-refractivity contribution in [3.05, 3.63) is 52.6 Å². The topological polar surface area (TPSA) is 48.5 Å². The maximum atomic E-state index is 4.72. The molecule has 3 heterocycles. The SMILES string of the molecule is Cc1cc(-n2ncc(C)c2C)nc(-n2ncc(C)c2C)c1. The monoisotopic (exact) mass is 281 g/mol. The molecule has 0 aliphatic rings. The summed E-state index contributed by atoms with van der Waals surface area (Å²) in [6.45, 7) is 10.3. The number of aromatic nitrogens is 5. The van der Waals surface area contributed by atoms with Gasteiger partial charge in [0.05, 0.1) is 12.4 Å². The van der Waals surface area contributed by atoms with Gasteiger partial charge < -0.3 is 0 Å². The van der Waals surface area contributed by atoms with E-state index in [1.165, 1.54) is 0 Å². The summed E-state index contributed by atoms with van der Waals surface area (Å²) in [5.74, 6) is 1.64. The smallest absolute Gasteiger partial charge is 0.156 e. The number of pyridine rings is 1. The number of hydrogen-bond acceptors (Lipinski definition) is 3. The second-order valence-electron chi connectivity index (χ2n) is 5.51. The molecule has 5 heteroatoms. The summed E-state index contributed by atoms with van der Waals surface area (Å²) < 4.78 is 3.75. The lowest BCUT2D eigenvalue weighted by molar-refractivity contribution is 0.774. The third-order valence-corrected chi connectivity index (χ3v) is 3.89. The second kappa shape index (κ2) is 4.84. The molecule has 0 saturated carbocycles. The highest BCUT2D eigenvalue weighted by molar-refractivity contribution is 5.39. The third-order valence-electron chi connectivity index (χ3n) is 3.89. The Morgan fingerprint density at radius 1 is 0.714 bits per heavy atom. The first-order valence-electron chi connectivity index (χ1n) is 6.99. The molecule has 0 aliphatic carbocycles. The van der Waals surface area contributed by atoms with Gasteiger partial charge in [-0.1, -0.05) is 0 Å². The van der Waals surface area contributed by atoms with Crippen LogP contribution in [0.2, 0.25) is 0 Å². The Kier molecular flexibility index (Phi) is 3.12. The lowest BCUT2D eigenvalue weighted by Crippen LogP contribution is -2.08. The van der Waals surface area contributed by atoms with Gasteiger partial charge in [0.2, 0.25) is 0 Å². The summed E-state index contributed by atoms with van der Waals surface area (Å²) in [5.41, 5.74) is 5.66. The average molecular weight is 281 g/mol. The molecule has 0 saturated heterocycles. The molecule has 0 bridgehead atoms. The Balaban J connectivity index is 2.17. The maximum Gasteiger partial charge on any atom is 0.156 e. The van der Waals surface area contributed by atoms with E-state index in [1.54, 1.807) is 0 Å². The lowest BCUT2D eigenvalue weighted by Gasteiger charge is -2.10. The molecule has 0 aromatic carbocycles. The molecule has 0 atom stereocenters. The summed E-state index contributed by atoms with van der Waals surface area (Å²) >= 11 is 0. The highest BCUT2D eigenvalue weighted by atomic mass is 15.4. The average Bonchev–Trinajstić information content (AvgIpc) is 2.94. The van der Waals surface area contributed by atoms with Crippen molar-refractivity contribution in [2.45, 2.75) is 34.6 Å². The van der Waals surface area contributed by atoms with E-state index in [9.17, 15) is 0 Å². The van der Waals surface area contributed by atoms with Crippen LogP contribution in [0.1, 0.15) is 28.1 Å². The molecule has 5 nitrogen and oxygen atoms in total. The first kappa shape index (κ1) is 13.5. The fraction of sp³-hybridized carbons (Fsp3) is 0.312. The first-order valence-corrected chi connectivity index (χ1v) is 6.99. The van der Waals surface area contributed by atoms with Gasteiger partial charge in [-0.3, -0.25) is 0 Å². The van der Waals surface area contributed by atoms with E-state index in [0.717, 1.165) is 39.7 Å². The Bertz CT molecular complexity index is 746. The fourth-order valence-corrected chi connectivity index (χ4v) is 2.29. The summed E-state index contributed by atoms with van der Waals surface area (Å²) in [6, 6.07) is 4.07. The van der Waals surface area contributed by atoms with Crippen LogP contribution in [0.15, 0.2) is 24.5 Å². The molecule has 0 aliphatic heterocycles. The van der Waals surface area contributed by atoms with Gasteiger partial charge in [-0.2, -0.15) is 10.2 Å². The molecule has 3 aromatic heterocycles. The molecule has 0 N–H and O–H groups in total. The van der Waals surface area contributed by atoms with Gasteiger partial charge in [-0.15, -0.1) is 0 Å². The summed E-state index contributed by atoms with van der Waals surface area (Å²) in [5, 5.41) is 8.83. The van der Waals surface area contributed by atoms with Crippen LogP contribution in [-0.2, 0) is 0 Å². The molecular weight excluding hydrogens is 262 g/mol. The van der Waals surface area contributed by atoms with Gasteiger partial charge in [0.15, 0.2) is 11.6 Å². The van der Waals surface area contributed by atoms with E-state index in [2.05, 4.69) is 44.8 Å². The highest BCUT2D eigenvalue weighted by Gasteiger charge is 2.11. The molecule has 108 valence electrons. The van der Waals surface area contributed by atoms with Crippen molar-refractivity contribution in [1.82, 2.24) is 24.5 Å². The summed E-state index contributed by atoms with van der Waals surface area (Å²) in [7, 11) is 0. The minimum atomic E-state index is 0.822. The van der Waals surface area contributed by atoms with Crippen molar-refractivity contribution < 1.29 is 0 Å². The van der Waals surface area contributed by atoms with E-state index in [4.69, 9.17) is 4.98 Å². The van der Waals surface area contributed by atoms with Crippen LogP contribution in [0.5, 0.6) is 0 Å². The van der Waals surface area contributed by atoms with E-state index in [-0.39, 0.29) is 0 Å². The van der Waals surface area contributed by atoms with Crippen molar-refractivity contribution in [3.8, 4) is 11.6 Å². The van der Waals surface area contributed by atoms with Crippen molar-refractivity contribution in [3.63, 3.8) is 0 Å². The zero-order valence-electron chi connectivity index (χ0n) is 13.0. The van der Waals surface area contributed by atoms with E-state index < -0.39 is 0 Å². The van der Waals surface area contributed by atoms with Crippen LogP contribution in [0.3, 0.4) is 0 Å². The zero-order chi connectivity index (χ0) is 15.1. The molecule has 0 fully saturated rings. The van der Waals surface area contributed by atoms with Crippen molar-refractivity contribution >= 4 is 0 Å². The molecule has 0 radical (unpaired) electrons.